The highest BCUT2D eigenvalue weighted by molar-refractivity contribution is 5.78. The van der Waals surface area contributed by atoms with Gasteiger partial charge in [0.1, 0.15) is 12.4 Å². The highest BCUT2D eigenvalue weighted by atomic mass is 16.7. The zero-order valence-electron chi connectivity index (χ0n) is 26.4. The maximum Gasteiger partial charge on any atom is 0.356 e. The smallest absolute Gasteiger partial charge is 0.356 e. The topological polar surface area (TPSA) is 86.5 Å². The largest absolute Gasteiger partial charge is 0.492 e. The number of hydrogen-bond donors (Lipinski definition) is 1. The Kier molecular flexibility index (Phi) is 10.6. The van der Waals surface area contributed by atoms with Gasteiger partial charge in [0.25, 0.3) is 0 Å². The molecule has 2 N–H and O–H groups in total. The second kappa shape index (κ2) is 15.1. The van der Waals surface area contributed by atoms with E-state index in [9.17, 15) is 4.79 Å². The van der Waals surface area contributed by atoms with Gasteiger partial charge in [-0.05, 0) is 74.6 Å². The Hall–Kier alpha value is -3.59. The number of ether oxygens (including phenoxy) is 3. The van der Waals surface area contributed by atoms with Crippen LogP contribution < -0.4 is 20.1 Å². The van der Waals surface area contributed by atoms with Crippen LogP contribution in [0.5, 0.6) is 17.2 Å². The van der Waals surface area contributed by atoms with E-state index in [4.69, 9.17) is 24.8 Å². The normalized spacial score (nSPS) is 18.4. The Labute approximate surface area is 267 Å². The second-order valence-corrected chi connectivity index (χ2v) is 12.4. The summed E-state index contributed by atoms with van der Waals surface area (Å²) in [6.07, 6.45) is 10.6. The van der Waals surface area contributed by atoms with E-state index < -0.39 is 18.1 Å². The minimum Gasteiger partial charge on any atom is -0.492 e. The number of nitrogens with two attached hydrogens (primary N) is 1. The number of para-hydroxylation sites is 4. The van der Waals surface area contributed by atoms with Crippen molar-refractivity contribution < 1.29 is 23.8 Å². The SMILES string of the molecule is CCOC(C(=O)ON(C1CCCCC1)C1CCCCC1)C(N)c1ccc(OCCN2c3ccccc3Oc3ccccc32)cc1. The molecule has 1 heterocycles. The molecule has 0 radical (unpaired) electrons. The quantitative estimate of drug-likeness (QED) is 0.207. The second-order valence-electron chi connectivity index (χ2n) is 12.4. The van der Waals surface area contributed by atoms with Gasteiger partial charge in [-0.15, -0.1) is 5.06 Å². The predicted octanol–water partition coefficient (Wildman–Crippen LogP) is 7.84. The summed E-state index contributed by atoms with van der Waals surface area (Å²) >= 11 is 0. The molecule has 0 aromatic heterocycles. The average molecular weight is 614 g/mol. The van der Waals surface area contributed by atoms with E-state index in [1.807, 2.05) is 72.7 Å². The molecule has 3 aromatic carbocycles. The molecule has 0 saturated heterocycles. The van der Waals surface area contributed by atoms with Crippen LogP contribution in [-0.2, 0) is 14.4 Å². The molecule has 0 bridgehead atoms. The summed E-state index contributed by atoms with van der Waals surface area (Å²) in [5.41, 5.74) is 9.52. The maximum absolute atomic E-state index is 13.7. The average Bonchev–Trinajstić information content (AvgIpc) is 3.10. The predicted molar refractivity (Wildman–Crippen MR) is 176 cm³/mol. The van der Waals surface area contributed by atoms with Gasteiger partial charge in [0.05, 0.1) is 24.0 Å². The Bertz CT molecular complexity index is 1320. The van der Waals surface area contributed by atoms with Gasteiger partial charge < -0.3 is 29.7 Å². The van der Waals surface area contributed by atoms with Gasteiger partial charge in [-0.3, -0.25) is 0 Å². The van der Waals surface area contributed by atoms with Gasteiger partial charge in [-0.2, -0.15) is 0 Å². The molecule has 240 valence electrons. The molecule has 2 atom stereocenters. The van der Waals surface area contributed by atoms with Crippen LogP contribution >= 0.6 is 0 Å². The third kappa shape index (κ3) is 7.46. The summed E-state index contributed by atoms with van der Waals surface area (Å²) in [4.78, 5) is 22.1. The van der Waals surface area contributed by atoms with E-state index in [1.165, 1.54) is 38.5 Å². The third-order valence-corrected chi connectivity index (χ3v) is 9.35. The first kappa shape index (κ1) is 31.4. The number of rotatable bonds is 12. The summed E-state index contributed by atoms with van der Waals surface area (Å²) in [5.74, 6) is 2.00. The molecule has 2 aliphatic carbocycles. The van der Waals surface area contributed by atoms with Crippen molar-refractivity contribution >= 4 is 17.3 Å². The molecule has 3 aliphatic rings. The number of carbonyl (C=O) groups is 1. The maximum atomic E-state index is 13.7. The molecule has 0 spiro atoms. The molecular formula is C37H47N3O5. The minimum absolute atomic E-state index is 0.278. The Morgan fingerprint density at radius 1 is 0.844 bits per heavy atom. The zero-order valence-corrected chi connectivity index (χ0v) is 26.4. The standard InChI is InChI=1S/C37H47N3O5/c1-2-42-36(37(41)45-40(28-13-5-3-6-14-28)29-15-7-4-8-16-29)35(38)27-21-23-30(24-22-27)43-26-25-39-31-17-9-11-19-33(31)44-34-20-12-10-18-32(34)39/h9-12,17-24,28-29,35-36H,2-8,13-16,25-26,38H2,1H3. The highest BCUT2D eigenvalue weighted by Crippen LogP contribution is 2.46. The van der Waals surface area contributed by atoms with E-state index >= 15 is 0 Å². The first-order chi connectivity index (χ1) is 22.1. The van der Waals surface area contributed by atoms with Crippen LogP contribution in [0.4, 0.5) is 11.4 Å². The number of hydrogen-bond acceptors (Lipinski definition) is 8. The molecule has 8 nitrogen and oxygen atoms in total. The number of carbonyl (C=O) groups excluding carboxylic acids is 1. The fraction of sp³-hybridized carbons (Fsp3) is 0.486. The van der Waals surface area contributed by atoms with E-state index in [2.05, 4.69) is 17.0 Å². The highest BCUT2D eigenvalue weighted by Gasteiger charge is 2.36. The summed E-state index contributed by atoms with van der Waals surface area (Å²) in [7, 11) is 0. The van der Waals surface area contributed by atoms with Crippen molar-refractivity contribution in [2.75, 3.05) is 24.7 Å². The van der Waals surface area contributed by atoms with Crippen LogP contribution in [0.25, 0.3) is 0 Å². The van der Waals surface area contributed by atoms with Crippen LogP contribution in [0.2, 0.25) is 0 Å². The molecule has 2 saturated carbocycles. The van der Waals surface area contributed by atoms with Gasteiger partial charge in [0, 0.05) is 18.7 Å². The zero-order chi connectivity index (χ0) is 31.0. The first-order valence-corrected chi connectivity index (χ1v) is 16.9. The van der Waals surface area contributed by atoms with E-state index in [-0.39, 0.29) is 12.1 Å². The summed E-state index contributed by atoms with van der Waals surface area (Å²) < 4.78 is 18.2. The van der Waals surface area contributed by atoms with Crippen molar-refractivity contribution in [2.45, 2.75) is 95.4 Å². The lowest BCUT2D eigenvalue weighted by atomic mass is 9.90. The van der Waals surface area contributed by atoms with Crippen LogP contribution in [0.3, 0.4) is 0 Å². The number of hydroxylamine groups is 2. The van der Waals surface area contributed by atoms with E-state index in [0.717, 1.165) is 59.9 Å². The summed E-state index contributed by atoms with van der Waals surface area (Å²) in [5, 5.41) is 2.04. The van der Waals surface area contributed by atoms with Gasteiger partial charge in [-0.25, -0.2) is 4.79 Å². The van der Waals surface area contributed by atoms with Crippen LogP contribution in [0.15, 0.2) is 72.8 Å². The van der Waals surface area contributed by atoms with Gasteiger partial charge >= 0.3 is 5.97 Å². The number of anilines is 2. The van der Waals surface area contributed by atoms with Crippen LogP contribution in [-0.4, -0.2) is 49.0 Å². The fourth-order valence-corrected chi connectivity index (χ4v) is 7.01. The fourth-order valence-electron chi connectivity index (χ4n) is 7.01. The lowest BCUT2D eigenvalue weighted by Gasteiger charge is -2.40. The summed E-state index contributed by atoms with van der Waals surface area (Å²) in [6.45, 7) is 3.38. The van der Waals surface area contributed by atoms with Gasteiger partial charge in [0.2, 0.25) is 0 Å². The van der Waals surface area contributed by atoms with Crippen molar-refractivity contribution in [1.29, 1.82) is 0 Å². The van der Waals surface area contributed by atoms with Crippen LogP contribution in [0, 0.1) is 0 Å². The number of nitrogens with zero attached hydrogens (tertiary/aromatic N) is 2. The molecule has 45 heavy (non-hydrogen) atoms. The lowest BCUT2D eigenvalue weighted by Crippen LogP contribution is -2.49. The number of benzene rings is 3. The Morgan fingerprint density at radius 2 is 1.40 bits per heavy atom. The van der Waals surface area contributed by atoms with E-state index in [0.29, 0.717) is 19.8 Å². The van der Waals surface area contributed by atoms with Crippen molar-refractivity contribution in [2.24, 2.45) is 5.73 Å². The molecule has 0 amide bonds. The van der Waals surface area contributed by atoms with Crippen molar-refractivity contribution in [3.05, 3.63) is 78.4 Å². The lowest BCUT2D eigenvalue weighted by molar-refractivity contribution is -0.233. The van der Waals surface area contributed by atoms with Crippen LogP contribution in [0.1, 0.15) is 82.7 Å². The molecular weight excluding hydrogens is 566 g/mol. The molecule has 6 rings (SSSR count). The molecule has 2 unspecified atom stereocenters. The van der Waals surface area contributed by atoms with Crippen molar-refractivity contribution in [3.8, 4) is 17.2 Å². The third-order valence-electron chi connectivity index (χ3n) is 9.35. The Balaban J connectivity index is 1.09. The minimum atomic E-state index is -0.891. The summed E-state index contributed by atoms with van der Waals surface area (Å²) in [6, 6.07) is 23.6. The van der Waals surface area contributed by atoms with Gasteiger partial charge in [-0.1, -0.05) is 74.9 Å². The van der Waals surface area contributed by atoms with Crippen molar-refractivity contribution in [3.63, 3.8) is 0 Å². The van der Waals surface area contributed by atoms with Gasteiger partial charge in [0.15, 0.2) is 17.6 Å². The van der Waals surface area contributed by atoms with Crippen molar-refractivity contribution in [1.82, 2.24) is 5.06 Å². The number of fused-ring (bicyclic) bond motifs is 2. The molecule has 8 heteroatoms. The molecule has 1 aliphatic heterocycles. The molecule has 3 aromatic rings. The Morgan fingerprint density at radius 3 is 1.96 bits per heavy atom. The monoisotopic (exact) mass is 613 g/mol. The first-order valence-electron chi connectivity index (χ1n) is 16.9. The molecule has 2 fully saturated rings. The van der Waals surface area contributed by atoms with E-state index in [1.54, 1.807) is 0 Å².